The second-order valence-corrected chi connectivity index (χ2v) is 5.10. The molecular formula is C16H12FN3O4. The Balaban J connectivity index is 1.99. The molecule has 0 fully saturated rings. The number of halogens is 1. The molecule has 0 radical (unpaired) electrons. The largest absolute Gasteiger partial charge is 0.476 e. The van der Waals surface area contributed by atoms with Crippen LogP contribution in [-0.4, -0.2) is 14.9 Å². The Morgan fingerprint density at radius 2 is 2.04 bits per heavy atom. The fourth-order valence-electron chi connectivity index (χ4n) is 2.28. The molecule has 122 valence electrons. The molecule has 0 saturated carbocycles. The summed E-state index contributed by atoms with van der Waals surface area (Å²) in [6.07, 6.45) is -0.817. The number of nitrogens with one attached hydrogen (secondary N) is 1. The predicted molar refractivity (Wildman–Crippen MR) is 84.5 cm³/mol. The van der Waals surface area contributed by atoms with Gasteiger partial charge >= 0.3 is 5.69 Å². The lowest BCUT2D eigenvalue weighted by Crippen LogP contribution is -2.16. The number of nitrogens with zero attached hydrogens (tertiary/aromatic N) is 2. The number of hydrogen-bond acceptors (Lipinski definition) is 5. The lowest BCUT2D eigenvalue weighted by Gasteiger charge is -2.14. The standard InChI is InChI=1S/C16H12FN3O4/c1-9(24-14-8-10(17)6-7-13(14)20(22)23)15-18-12-5-3-2-4-11(12)16(21)19-15/h2-9H,1H3,(H,18,19,21)/t9-/m1/s1. The smallest absolute Gasteiger partial charge is 0.311 e. The number of para-hydroxylation sites is 1. The van der Waals surface area contributed by atoms with Crippen LogP contribution in [0.4, 0.5) is 10.1 Å². The summed E-state index contributed by atoms with van der Waals surface area (Å²) in [7, 11) is 0. The number of ether oxygens (including phenoxy) is 1. The maximum atomic E-state index is 13.4. The van der Waals surface area contributed by atoms with Crippen molar-refractivity contribution >= 4 is 16.6 Å². The van der Waals surface area contributed by atoms with Crippen molar-refractivity contribution in [1.29, 1.82) is 0 Å². The number of fused-ring (bicyclic) bond motifs is 1. The van der Waals surface area contributed by atoms with Crippen molar-refractivity contribution < 1.29 is 14.1 Å². The molecule has 0 bridgehead atoms. The summed E-state index contributed by atoms with van der Waals surface area (Å²) in [6, 6.07) is 9.68. The maximum Gasteiger partial charge on any atom is 0.311 e. The van der Waals surface area contributed by atoms with Crippen molar-refractivity contribution in [1.82, 2.24) is 9.97 Å². The van der Waals surface area contributed by atoms with E-state index in [0.717, 1.165) is 18.2 Å². The molecule has 0 aliphatic heterocycles. The van der Waals surface area contributed by atoms with Crippen LogP contribution in [0.1, 0.15) is 18.9 Å². The number of aromatic nitrogens is 2. The predicted octanol–water partition coefficient (Wildman–Crippen LogP) is 3.11. The number of hydrogen-bond donors (Lipinski definition) is 1. The molecule has 24 heavy (non-hydrogen) atoms. The molecule has 3 rings (SSSR count). The van der Waals surface area contributed by atoms with Gasteiger partial charge in [-0.1, -0.05) is 12.1 Å². The van der Waals surface area contributed by atoms with E-state index in [2.05, 4.69) is 9.97 Å². The molecule has 1 N–H and O–H groups in total. The van der Waals surface area contributed by atoms with E-state index in [-0.39, 0.29) is 22.8 Å². The van der Waals surface area contributed by atoms with Crippen molar-refractivity contribution in [3.63, 3.8) is 0 Å². The first kappa shape index (κ1) is 15.6. The van der Waals surface area contributed by atoms with Gasteiger partial charge < -0.3 is 9.72 Å². The summed E-state index contributed by atoms with van der Waals surface area (Å²) in [6.45, 7) is 1.56. The second kappa shape index (κ2) is 6.07. The summed E-state index contributed by atoms with van der Waals surface area (Å²) in [5.41, 5.74) is -0.244. The maximum absolute atomic E-state index is 13.4. The third-order valence-electron chi connectivity index (χ3n) is 3.44. The molecular weight excluding hydrogens is 317 g/mol. The van der Waals surface area contributed by atoms with Crippen LogP contribution in [0.2, 0.25) is 0 Å². The molecule has 2 aromatic carbocycles. The van der Waals surface area contributed by atoms with Gasteiger partial charge in [0, 0.05) is 12.1 Å². The van der Waals surface area contributed by atoms with Gasteiger partial charge in [0.05, 0.1) is 15.8 Å². The quantitative estimate of drug-likeness (QED) is 0.586. The van der Waals surface area contributed by atoms with Gasteiger partial charge in [0.2, 0.25) is 5.75 Å². The van der Waals surface area contributed by atoms with E-state index in [1.807, 2.05) is 0 Å². The van der Waals surface area contributed by atoms with E-state index in [4.69, 9.17) is 4.74 Å². The highest BCUT2D eigenvalue weighted by molar-refractivity contribution is 5.77. The zero-order chi connectivity index (χ0) is 17.3. The third kappa shape index (κ3) is 2.94. The zero-order valence-electron chi connectivity index (χ0n) is 12.5. The first-order valence-electron chi connectivity index (χ1n) is 7.05. The average Bonchev–Trinajstić information content (AvgIpc) is 2.54. The van der Waals surface area contributed by atoms with Gasteiger partial charge in [0.25, 0.3) is 5.56 Å². The number of H-pyrrole nitrogens is 1. The topological polar surface area (TPSA) is 98.1 Å². The van der Waals surface area contributed by atoms with Crippen molar-refractivity contribution in [2.24, 2.45) is 0 Å². The van der Waals surface area contributed by atoms with Crippen LogP contribution in [0, 0.1) is 15.9 Å². The van der Waals surface area contributed by atoms with Crippen LogP contribution >= 0.6 is 0 Å². The molecule has 7 nitrogen and oxygen atoms in total. The van der Waals surface area contributed by atoms with Gasteiger partial charge in [-0.15, -0.1) is 0 Å². The van der Waals surface area contributed by atoms with Crippen LogP contribution < -0.4 is 10.3 Å². The highest BCUT2D eigenvalue weighted by Gasteiger charge is 2.20. The van der Waals surface area contributed by atoms with Gasteiger partial charge in [0.15, 0.2) is 11.9 Å². The molecule has 0 spiro atoms. The van der Waals surface area contributed by atoms with Crippen LogP contribution in [0.3, 0.4) is 0 Å². The summed E-state index contributed by atoms with van der Waals surface area (Å²) < 4.78 is 18.8. The summed E-state index contributed by atoms with van der Waals surface area (Å²) >= 11 is 0. The lowest BCUT2D eigenvalue weighted by molar-refractivity contribution is -0.386. The van der Waals surface area contributed by atoms with Crippen molar-refractivity contribution in [2.45, 2.75) is 13.0 Å². The Morgan fingerprint density at radius 1 is 1.29 bits per heavy atom. The van der Waals surface area contributed by atoms with Crippen molar-refractivity contribution in [2.75, 3.05) is 0 Å². The summed E-state index contributed by atoms with van der Waals surface area (Å²) in [4.78, 5) is 29.3. The highest BCUT2D eigenvalue weighted by Crippen LogP contribution is 2.30. The molecule has 0 saturated heterocycles. The van der Waals surface area contributed by atoms with Gasteiger partial charge in [0.1, 0.15) is 5.82 Å². The van der Waals surface area contributed by atoms with Crippen LogP contribution in [-0.2, 0) is 0 Å². The van der Waals surface area contributed by atoms with Gasteiger partial charge in [-0.2, -0.15) is 0 Å². The molecule has 0 aliphatic rings. The Labute approximate surface area is 134 Å². The number of benzene rings is 2. The van der Waals surface area contributed by atoms with Crippen LogP contribution in [0.25, 0.3) is 10.9 Å². The average molecular weight is 329 g/mol. The van der Waals surface area contributed by atoms with Crippen molar-refractivity contribution in [3.8, 4) is 5.75 Å². The number of nitro groups is 1. The SMILES string of the molecule is C[C@@H](Oc1cc(F)ccc1[N+](=O)[O-])c1nc2ccccc2c(=O)[nH]1. The van der Waals surface area contributed by atoms with Gasteiger partial charge in [-0.3, -0.25) is 14.9 Å². The first-order valence-corrected chi connectivity index (χ1v) is 7.05. The fourth-order valence-corrected chi connectivity index (χ4v) is 2.28. The molecule has 0 amide bonds. The molecule has 0 unspecified atom stereocenters. The number of nitro benzene ring substituents is 1. The van der Waals surface area contributed by atoms with E-state index < -0.39 is 16.8 Å². The fraction of sp³-hybridized carbons (Fsp3) is 0.125. The molecule has 3 aromatic rings. The lowest BCUT2D eigenvalue weighted by atomic mass is 10.2. The second-order valence-electron chi connectivity index (χ2n) is 5.10. The van der Waals surface area contributed by atoms with Gasteiger partial charge in [-0.05, 0) is 25.1 Å². The molecule has 1 heterocycles. The summed E-state index contributed by atoms with van der Waals surface area (Å²) in [5, 5.41) is 11.4. The molecule has 1 atom stereocenters. The summed E-state index contributed by atoms with van der Waals surface area (Å²) in [5.74, 6) is -0.705. The van der Waals surface area contributed by atoms with E-state index in [9.17, 15) is 19.3 Å². The van der Waals surface area contributed by atoms with Crippen LogP contribution in [0.5, 0.6) is 5.75 Å². The minimum Gasteiger partial charge on any atom is -0.476 e. The first-order chi connectivity index (χ1) is 11.5. The minimum atomic E-state index is -0.817. The minimum absolute atomic E-state index is 0.192. The third-order valence-corrected chi connectivity index (χ3v) is 3.44. The molecule has 0 aliphatic carbocycles. The molecule has 1 aromatic heterocycles. The Hall–Kier alpha value is -3.29. The normalized spacial score (nSPS) is 12.1. The Morgan fingerprint density at radius 3 is 2.79 bits per heavy atom. The van der Waals surface area contributed by atoms with E-state index in [1.165, 1.54) is 0 Å². The Bertz CT molecular complexity index is 986. The van der Waals surface area contributed by atoms with E-state index in [0.29, 0.717) is 10.9 Å². The van der Waals surface area contributed by atoms with E-state index >= 15 is 0 Å². The highest BCUT2D eigenvalue weighted by atomic mass is 19.1. The van der Waals surface area contributed by atoms with Crippen molar-refractivity contribution in [3.05, 3.63) is 74.6 Å². The number of rotatable bonds is 4. The van der Waals surface area contributed by atoms with Gasteiger partial charge in [-0.25, -0.2) is 9.37 Å². The van der Waals surface area contributed by atoms with Crippen LogP contribution in [0.15, 0.2) is 47.3 Å². The Kier molecular flexibility index (Phi) is 3.95. The molecule has 8 heteroatoms. The zero-order valence-corrected chi connectivity index (χ0v) is 12.5. The number of aromatic amines is 1. The monoisotopic (exact) mass is 329 g/mol. The van der Waals surface area contributed by atoms with E-state index in [1.54, 1.807) is 31.2 Å².